The highest BCUT2D eigenvalue weighted by molar-refractivity contribution is 6.28. The van der Waals surface area contributed by atoms with Gasteiger partial charge in [0.25, 0.3) is 0 Å². The lowest BCUT2D eigenvalue weighted by molar-refractivity contribution is 1.10. The molecule has 0 aliphatic rings. The lowest BCUT2D eigenvalue weighted by Crippen LogP contribution is -1.85. The van der Waals surface area contributed by atoms with Crippen molar-refractivity contribution in [3.05, 3.63) is 53.6 Å². The van der Waals surface area contributed by atoms with E-state index in [0.29, 0.717) is 11.1 Å². The first-order valence-electron chi connectivity index (χ1n) is 4.97. The van der Waals surface area contributed by atoms with E-state index in [4.69, 9.17) is 11.6 Å². The highest BCUT2D eigenvalue weighted by atomic mass is 35.5. The fourth-order valence-electron chi connectivity index (χ4n) is 0.885. The maximum absolute atomic E-state index is 5.39. The second kappa shape index (κ2) is 6.70. The van der Waals surface area contributed by atoms with E-state index in [2.05, 4.69) is 26.5 Å². The Labute approximate surface area is 105 Å². The van der Waals surface area contributed by atoms with Crippen LogP contribution in [0.15, 0.2) is 31.4 Å². The summed E-state index contributed by atoms with van der Waals surface area (Å²) in [6, 6.07) is 0. The Morgan fingerprint density at radius 3 is 1.71 bits per heavy atom. The van der Waals surface area contributed by atoms with E-state index in [1.165, 1.54) is 0 Å². The molecule has 0 aliphatic heterocycles. The second-order valence-corrected chi connectivity index (χ2v) is 3.69. The standard InChI is InChI=1S/C7H8N2.C5H5ClN2/c1-3-7-8-4-6(2)5-9-7;1-4-2-7-5(6)8-3-4/h3-5H,1H2,2H3;2-3H,1H3. The number of halogens is 1. The van der Waals surface area contributed by atoms with Gasteiger partial charge in [0.05, 0.1) is 0 Å². The van der Waals surface area contributed by atoms with Gasteiger partial charge in [-0.3, -0.25) is 0 Å². The maximum Gasteiger partial charge on any atom is 0.222 e. The lowest BCUT2D eigenvalue weighted by Gasteiger charge is -1.89. The van der Waals surface area contributed by atoms with Crippen LogP contribution in [0.5, 0.6) is 0 Å². The van der Waals surface area contributed by atoms with Crippen molar-refractivity contribution in [1.82, 2.24) is 19.9 Å². The molecule has 5 heteroatoms. The molecular weight excluding hydrogens is 236 g/mol. The SMILES string of the molecule is C=Cc1ncc(C)cn1.Cc1cnc(Cl)nc1. The van der Waals surface area contributed by atoms with Gasteiger partial charge in [-0.1, -0.05) is 6.58 Å². The molecular formula is C12H13ClN4. The third-order valence-corrected chi connectivity index (χ3v) is 1.93. The summed E-state index contributed by atoms with van der Waals surface area (Å²) >= 11 is 5.39. The van der Waals surface area contributed by atoms with Gasteiger partial charge in [0.15, 0.2) is 5.82 Å². The van der Waals surface area contributed by atoms with E-state index in [-0.39, 0.29) is 0 Å². The largest absolute Gasteiger partial charge is 0.237 e. The quantitative estimate of drug-likeness (QED) is 0.729. The van der Waals surface area contributed by atoms with E-state index in [1.807, 2.05) is 13.8 Å². The van der Waals surface area contributed by atoms with Gasteiger partial charge in [-0.2, -0.15) is 0 Å². The van der Waals surface area contributed by atoms with Gasteiger partial charge in [0.2, 0.25) is 5.28 Å². The van der Waals surface area contributed by atoms with Gasteiger partial charge in [0.1, 0.15) is 0 Å². The minimum atomic E-state index is 0.301. The first-order valence-corrected chi connectivity index (χ1v) is 5.35. The molecule has 0 spiro atoms. The molecule has 0 fully saturated rings. The third kappa shape index (κ3) is 5.17. The molecule has 0 aliphatic carbocycles. The number of aryl methyl sites for hydroxylation is 2. The van der Waals surface area contributed by atoms with Crippen LogP contribution in [0.2, 0.25) is 5.28 Å². The summed E-state index contributed by atoms with van der Waals surface area (Å²) in [5, 5.41) is 0.301. The molecule has 0 amide bonds. The molecule has 0 saturated heterocycles. The van der Waals surface area contributed by atoms with Crippen LogP contribution < -0.4 is 0 Å². The van der Waals surface area contributed by atoms with E-state index < -0.39 is 0 Å². The molecule has 17 heavy (non-hydrogen) atoms. The Morgan fingerprint density at radius 1 is 0.941 bits per heavy atom. The topological polar surface area (TPSA) is 51.6 Å². The molecule has 2 rings (SSSR count). The summed E-state index contributed by atoms with van der Waals surface area (Å²) < 4.78 is 0. The van der Waals surface area contributed by atoms with Crippen molar-refractivity contribution in [2.45, 2.75) is 13.8 Å². The average Bonchev–Trinajstić information content (AvgIpc) is 2.35. The van der Waals surface area contributed by atoms with Gasteiger partial charge in [-0.15, -0.1) is 0 Å². The molecule has 0 radical (unpaired) electrons. The fraction of sp³-hybridized carbons (Fsp3) is 0.167. The van der Waals surface area contributed by atoms with Crippen LogP contribution in [-0.2, 0) is 0 Å². The highest BCUT2D eigenvalue weighted by Gasteiger charge is 1.85. The van der Waals surface area contributed by atoms with Crippen molar-refractivity contribution in [3.63, 3.8) is 0 Å². The van der Waals surface area contributed by atoms with E-state index in [1.54, 1.807) is 30.9 Å². The van der Waals surface area contributed by atoms with Gasteiger partial charge in [-0.25, -0.2) is 19.9 Å². The first-order chi connectivity index (χ1) is 8.11. The number of nitrogens with zero attached hydrogens (tertiary/aromatic N) is 4. The third-order valence-electron chi connectivity index (χ3n) is 1.73. The van der Waals surface area contributed by atoms with Crippen LogP contribution in [0.1, 0.15) is 17.0 Å². The summed E-state index contributed by atoms with van der Waals surface area (Å²) in [4.78, 5) is 15.4. The van der Waals surface area contributed by atoms with Crippen molar-refractivity contribution < 1.29 is 0 Å². The normalized spacial score (nSPS) is 9.12. The van der Waals surface area contributed by atoms with E-state index in [9.17, 15) is 0 Å². The van der Waals surface area contributed by atoms with Crippen molar-refractivity contribution >= 4 is 17.7 Å². The fourth-order valence-corrected chi connectivity index (χ4v) is 0.982. The molecule has 2 heterocycles. The molecule has 0 atom stereocenters. The minimum Gasteiger partial charge on any atom is -0.237 e. The zero-order chi connectivity index (χ0) is 12.7. The Hall–Kier alpha value is -1.81. The van der Waals surface area contributed by atoms with Gasteiger partial charge in [0, 0.05) is 24.8 Å². The minimum absolute atomic E-state index is 0.301. The van der Waals surface area contributed by atoms with Gasteiger partial charge >= 0.3 is 0 Å². The van der Waals surface area contributed by atoms with Crippen molar-refractivity contribution in [3.8, 4) is 0 Å². The van der Waals surface area contributed by atoms with Crippen LogP contribution in [0, 0.1) is 13.8 Å². The summed E-state index contributed by atoms with van der Waals surface area (Å²) in [5.74, 6) is 0.681. The number of rotatable bonds is 1. The van der Waals surface area contributed by atoms with E-state index >= 15 is 0 Å². The zero-order valence-corrected chi connectivity index (χ0v) is 10.5. The lowest BCUT2D eigenvalue weighted by atomic mass is 10.4. The second-order valence-electron chi connectivity index (χ2n) is 3.35. The molecule has 88 valence electrons. The Balaban J connectivity index is 0.000000171. The Morgan fingerprint density at radius 2 is 1.35 bits per heavy atom. The van der Waals surface area contributed by atoms with Crippen molar-refractivity contribution in [1.29, 1.82) is 0 Å². The van der Waals surface area contributed by atoms with Crippen LogP contribution in [-0.4, -0.2) is 19.9 Å². The summed E-state index contributed by atoms with van der Waals surface area (Å²) in [7, 11) is 0. The van der Waals surface area contributed by atoms with Gasteiger partial charge in [-0.05, 0) is 42.7 Å². The maximum atomic E-state index is 5.39. The first kappa shape index (κ1) is 13.3. The summed E-state index contributed by atoms with van der Waals surface area (Å²) in [6.07, 6.45) is 8.51. The van der Waals surface area contributed by atoms with Crippen LogP contribution in [0.25, 0.3) is 6.08 Å². The smallest absolute Gasteiger partial charge is 0.222 e. The van der Waals surface area contributed by atoms with Crippen LogP contribution in [0.3, 0.4) is 0 Å². The molecule has 4 nitrogen and oxygen atoms in total. The molecule has 0 N–H and O–H groups in total. The molecule has 0 bridgehead atoms. The van der Waals surface area contributed by atoms with Gasteiger partial charge < -0.3 is 0 Å². The molecule has 0 saturated carbocycles. The molecule has 0 unspecified atom stereocenters. The zero-order valence-electron chi connectivity index (χ0n) is 9.76. The summed E-state index contributed by atoms with van der Waals surface area (Å²) in [6.45, 7) is 7.40. The predicted octanol–water partition coefficient (Wildman–Crippen LogP) is 2.87. The number of hydrogen-bond acceptors (Lipinski definition) is 4. The Kier molecular flexibility index (Phi) is 5.23. The number of aromatic nitrogens is 4. The van der Waals surface area contributed by atoms with E-state index in [0.717, 1.165) is 11.1 Å². The molecule has 2 aromatic heterocycles. The van der Waals surface area contributed by atoms with Crippen molar-refractivity contribution in [2.24, 2.45) is 0 Å². The van der Waals surface area contributed by atoms with Crippen molar-refractivity contribution in [2.75, 3.05) is 0 Å². The van der Waals surface area contributed by atoms with Crippen LogP contribution in [0.4, 0.5) is 0 Å². The molecule has 0 aromatic carbocycles. The predicted molar refractivity (Wildman–Crippen MR) is 68.6 cm³/mol. The average molecular weight is 249 g/mol. The molecule has 2 aromatic rings. The summed E-state index contributed by atoms with van der Waals surface area (Å²) in [5.41, 5.74) is 2.09. The monoisotopic (exact) mass is 248 g/mol. The Bertz CT molecular complexity index is 444. The number of hydrogen-bond donors (Lipinski definition) is 0. The van der Waals surface area contributed by atoms with Crippen LogP contribution >= 0.6 is 11.6 Å². The highest BCUT2D eigenvalue weighted by Crippen LogP contribution is 1.97.